The first kappa shape index (κ1) is 21.0. The van der Waals surface area contributed by atoms with Crippen molar-refractivity contribution in [1.82, 2.24) is 9.21 Å². The fourth-order valence-electron chi connectivity index (χ4n) is 3.48. The largest absolute Gasteiger partial charge is 0.386 e. The maximum atomic E-state index is 13.0. The predicted molar refractivity (Wildman–Crippen MR) is 119 cm³/mol. The highest BCUT2D eigenvalue weighted by Gasteiger charge is 2.30. The van der Waals surface area contributed by atoms with Gasteiger partial charge in [0.2, 0.25) is 10.0 Å². The molecule has 1 heterocycles. The predicted octanol–water partition coefficient (Wildman–Crippen LogP) is 2.72. The summed E-state index contributed by atoms with van der Waals surface area (Å²) in [6.45, 7) is 0.942. The van der Waals surface area contributed by atoms with Crippen molar-refractivity contribution in [1.29, 1.82) is 0 Å². The molecular weight excluding hydrogens is 414 g/mol. The lowest BCUT2D eigenvalue weighted by molar-refractivity contribution is -0.137. The molecule has 3 aromatic rings. The molecule has 8 heteroatoms. The molecule has 1 aliphatic rings. The third kappa shape index (κ3) is 4.92. The third-order valence-corrected chi connectivity index (χ3v) is 7.11. The molecule has 0 bridgehead atoms. The van der Waals surface area contributed by atoms with Gasteiger partial charge in [-0.2, -0.15) is 4.31 Å². The molecule has 0 saturated carbocycles. The number of oxime groups is 1. The Morgan fingerprint density at radius 2 is 1.58 bits per heavy atom. The molecule has 4 rings (SSSR count). The minimum Gasteiger partial charge on any atom is -0.386 e. The number of piperazine rings is 1. The van der Waals surface area contributed by atoms with Crippen LogP contribution in [0.25, 0.3) is 10.8 Å². The maximum absolute atomic E-state index is 13.0. The van der Waals surface area contributed by atoms with Crippen molar-refractivity contribution in [3.63, 3.8) is 0 Å². The lowest BCUT2D eigenvalue weighted by Crippen LogP contribution is -2.51. The van der Waals surface area contributed by atoms with Crippen molar-refractivity contribution in [2.45, 2.75) is 4.90 Å². The number of hydrogen-bond donors (Lipinski definition) is 0. The van der Waals surface area contributed by atoms with E-state index in [1.165, 1.54) is 4.31 Å². The lowest BCUT2D eigenvalue weighted by atomic mass is 10.1. The molecule has 1 fully saturated rings. The summed E-state index contributed by atoms with van der Waals surface area (Å²) >= 11 is 0. The topological polar surface area (TPSA) is 79.3 Å². The molecule has 0 atom stereocenters. The zero-order chi connectivity index (χ0) is 21.7. The van der Waals surface area contributed by atoms with Crippen LogP contribution in [0.5, 0.6) is 0 Å². The average Bonchev–Trinajstić information content (AvgIpc) is 2.82. The Morgan fingerprint density at radius 3 is 2.32 bits per heavy atom. The zero-order valence-corrected chi connectivity index (χ0v) is 17.7. The van der Waals surface area contributed by atoms with Gasteiger partial charge >= 0.3 is 0 Å². The van der Waals surface area contributed by atoms with E-state index in [1.54, 1.807) is 23.2 Å². The molecule has 0 radical (unpaired) electrons. The molecule has 0 aliphatic carbocycles. The number of amides is 1. The quantitative estimate of drug-likeness (QED) is 0.439. The van der Waals surface area contributed by atoms with Crippen molar-refractivity contribution in [2.75, 3.05) is 32.8 Å². The molecule has 160 valence electrons. The molecule has 31 heavy (non-hydrogen) atoms. The summed E-state index contributed by atoms with van der Waals surface area (Å²) in [5.74, 6) is -0.215. The van der Waals surface area contributed by atoms with Crippen molar-refractivity contribution in [3.05, 3.63) is 78.4 Å². The summed E-state index contributed by atoms with van der Waals surface area (Å²) in [5.41, 5.74) is 0.877. The smallest absolute Gasteiger partial charge is 0.263 e. The Morgan fingerprint density at radius 1 is 0.903 bits per heavy atom. The number of fused-ring (bicyclic) bond motifs is 1. The summed E-state index contributed by atoms with van der Waals surface area (Å²) in [4.78, 5) is 19.3. The molecule has 1 saturated heterocycles. The Bertz CT molecular complexity index is 1190. The van der Waals surface area contributed by atoms with E-state index in [-0.39, 0.29) is 30.5 Å². The summed E-state index contributed by atoms with van der Waals surface area (Å²) in [7, 11) is -3.61. The van der Waals surface area contributed by atoms with Crippen LogP contribution in [0.4, 0.5) is 0 Å². The van der Waals surface area contributed by atoms with Crippen LogP contribution in [0, 0.1) is 0 Å². The van der Waals surface area contributed by atoms with Crippen molar-refractivity contribution >= 4 is 32.9 Å². The monoisotopic (exact) mass is 437 g/mol. The minimum atomic E-state index is -3.61. The molecule has 3 aromatic carbocycles. The minimum absolute atomic E-state index is 0.180. The van der Waals surface area contributed by atoms with E-state index in [1.807, 2.05) is 60.7 Å². The highest BCUT2D eigenvalue weighted by atomic mass is 32.2. The first-order valence-electron chi connectivity index (χ1n) is 10.0. The van der Waals surface area contributed by atoms with Crippen molar-refractivity contribution in [2.24, 2.45) is 5.16 Å². The van der Waals surface area contributed by atoms with E-state index < -0.39 is 10.0 Å². The molecule has 1 aliphatic heterocycles. The fraction of sp³-hybridized carbons (Fsp3) is 0.217. The van der Waals surface area contributed by atoms with Crippen LogP contribution in [-0.4, -0.2) is 62.5 Å². The van der Waals surface area contributed by atoms with Crippen LogP contribution < -0.4 is 0 Å². The van der Waals surface area contributed by atoms with Crippen LogP contribution in [0.15, 0.2) is 82.8 Å². The van der Waals surface area contributed by atoms with Gasteiger partial charge in [0.05, 0.1) is 11.1 Å². The van der Waals surface area contributed by atoms with E-state index >= 15 is 0 Å². The molecule has 1 amide bonds. The molecule has 7 nitrogen and oxygen atoms in total. The molecule has 0 unspecified atom stereocenters. The van der Waals surface area contributed by atoms with Gasteiger partial charge in [0, 0.05) is 26.2 Å². The van der Waals surface area contributed by atoms with Gasteiger partial charge in [-0.05, 0) is 28.5 Å². The van der Waals surface area contributed by atoms with E-state index in [2.05, 4.69) is 5.16 Å². The molecule has 0 aromatic heterocycles. The van der Waals surface area contributed by atoms with Crippen LogP contribution >= 0.6 is 0 Å². The highest BCUT2D eigenvalue weighted by Crippen LogP contribution is 2.22. The van der Waals surface area contributed by atoms with Crippen molar-refractivity contribution in [3.8, 4) is 0 Å². The van der Waals surface area contributed by atoms with Crippen LogP contribution in [0.3, 0.4) is 0 Å². The summed E-state index contributed by atoms with van der Waals surface area (Å²) in [6.07, 6.45) is 1.54. The average molecular weight is 438 g/mol. The van der Waals surface area contributed by atoms with Gasteiger partial charge in [-0.25, -0.2) is 8.42 Å². The Hall–Kier alpha value is -3.23. The second kappa shape index (κ2) is 9.28. The van der Waals surface area contributed by atoms with E-state index in [4.69, 9.17) is 4.84 Å². The van der Waals surface area contributed by atoms with Gasteiger partial charge < -0.3 is 9.74 Å². The number of nitrogens with zero attached hydrogens (tertiary/aromatic N) is 3. The second-order valence-corrected chi connectivity index (χ2v) is 9.15. The Kier molecular flexibility index (Phi) is 6.29. The van der Waals surface area contributed by atoms with E-state index in [0.717, 1.165) is 16.3 Å². The van der Waals surface area contributed by atoms with Crippen LogP contribution in [-0.2, 0) is 19.7 Å². The van der Waals surface area contributed by atoms with Gasteiger partial charge in [0.15, 0.2) is 6.61 Å². The Labute approximate surface area is 181 Å². The maximum Gasteiger partial charge on any atom is 0.263 e. The standard InChI is InChI=1S/C23H23N3O4S/c27-23(18-30-24-17-19-6-2-1-3-7-19)25-12-14-26(15-13-25)31(28,29)22-11-10-20-8-4-5-9-21(20)16-22/h1-11,16-17H,12-15,18H2/b24-17+. The molecular formula is C23H23N3O4S. The van der Waals surface area contributed by atoms with Gasteiger partial charge in [-0.3, -0.25) is 4.79 Å². The normalized spacial score (nSPS) is 15.4. The fourth-order valence-corrected chi connectivity index (χ4v) is 4.93. The molecule has 0 spiro atoms. The first-order chi connectivity index (χ1) is 15.0. The Balaban J connectivity index is 1.32. The van der Waals surface area contributed by atoms with E-state index in [9.17, 15) is 13.2 Å². The number of rotatable bonds is 6. The number of benzene rings is 3. The molecule has 0 N–H and O–H groups in total. The number of sulfonamides is 1. The van der Waals surface area contributed by atoms with E-state index in [0.29, 0.717) is 13.1 Å². The van der Waals surface area contributed by atoms with Gasteiger partial charge in [0.1, 0.15) is 0 Å². The summed E-state index contributed by atoms with van der Waals surface area (Å²) < 4.78 is 27.5. The summed E-state index contributed by atoms with van der Waals surface area (Å²) in [6, 6.07) is 22.2. The van der Waals surface area contributed by atoms with Gasteiger partial charge in [-0.1, -0.05) is 65.8 Å². The second-order valence-electron chi connectivity index (χ2n) is 7.21. The van der Waals surface area contributed by atoms with Gasteiger partial charge in [-0.15, -0.1) is 0 Å². The van der Waals surface area contributed by atoms with Gasteiger partial charge in [0.25, 0.3) is 5.91 Å². The zero-order valence-electron chi connectivity index (χ0n) is 16.9. The number of carbonyl (C=O) groups is 1. The number of carbonyl (C=O) groups excluding carboxylic acids is 1. The highest BCUT2D eigenvalue weighted by molar-refractivity contribution is 7.89. The third-order valence-electron chi connectivity index (χ3n) is 5.21. The number of hydrogen-bond acceptors (Lipinski definition) is 5. The lowest BCUT2D eigenvalue weighted by Gasteiger charge is -2.33. The SMILES string of the molecule is O=C(CO/N=C/c1ccccc1)N1CCN(S(=O)(=O)c2ccc3ccccc3c2)CC1. The van der Waals surface area contributed by atoms with Crippen LogP contribution in [0.1, 0.15) is 5.56 Å². The first-order valence-corrected chi connectivity index (χ1v) is 11.5. The summed E-state index contributed by atoms with van der Waals surface area (Å²) in [5, 5.41) is 5.69. The van der Waals surface area contributed by atoms with Crippen LogP contribution in [0.2, 0.25) is 0 Å². The van der Waals surface area contributed by atoms with Crippen molar-refractivity contribution < 1.29 is 18.0 Å².